The number of halogens is 2. The second-order valence-electron chi connectivity index (χ2n) is 4.39. The molecule has 2 rings (SSSR count). The van der Waals surface area contributed by atoms with Crippen LogP contribution in [0.2, 0.25) is 10.0 Å². The van der Waals surface area contributed by atoms with E-state index in [1.807, 2.05) is 12.1 Å². The van der Waals surface area contributed by atoms with Gasteiger partial charge in [-0.15, -0.1) is 0 Å². The molecule has 0 spiro atoms. The maximum absolute atomic E-state index is 6.32. The van der Waals surface area contributed by atoms with E-state index in [0.29, 0.717) is 16.0 Å². The van der Waals surface area contributed by atoms with Crippen molar-refractivity contribution in [3.63, 3.8) is 0 Å². The van der Waals surface area contributed by atoms with Gasteiger partial charge in [0.05, 0.1) is 0 Å². The van der Waals surface area contributed by atoms with Crippen molar-refractivity contribution in [2.75, 3.05) is 0 Å². The molecule has 0 bridgehead atoms. The third kappa shape index (κ3) is 2.15. The molecule has 1 aliphatic carbocycles. The number of hydrogen-bond donors (Lipinski definition) is 1. The van der Waals surface area contributed by atoms with Gasteiger partial charge in [0, 0.05) is 15.6 Å². The summed E-state index contributed by atoms with van der Waals surface area (Å²) in [6.45, 7) is 2.18. The lowest BCUT2D eigenvalue weighted by atomic mass is 10.0. The Labute approximate surface area is 101 Å². The van der Waals surface area contributed by atoms with Crippen molar-refractivity contribution in [1.82, 2.24) is 0 Å². The van der Waals surface area contributed by atoms with E-state index >= 15 is 0 Å². The van der Waals surface area contributed by atoms with Crippen LogP contribution >= 0.6 is 23.2 Å². The van der Waals surface area contributed by atoms with Crippen LogP contribution < -0.4 is 5.73 Å². The number of benzene rings is 1. The lowest BCUT2D eigenvalue weighted by Gasteiger charge is -2.12. The third-order valence-corrected chi connectivity index (χ3v) is 3.63. The van der Waals surface area contributed by atoms with Crippen LogP contribution in [0, 0.1) is 5.92 Å². The number of nitrogens with two attached hydrogens (primary N) is 1. The Morgan fingerprint density at radius 2 is 1.93 bits per heavy atom. The molecular formula is C12H15Cl2N. The molecule has 1 fully saturated rings. The summed E-state index contributed by atoms with van der Waals surface area (Å²) in [5.41, 5.74) is 7.22. The number of rotatable bonds is 3. The molecule has 0 radical (unpaired) electrons. The van der Waals surface area contributed by atoms with Crippen molar-refractivity contribution in [3.8, 4) is 0 Å². The molecule has 1 saturated carbocycles. The van der Waals surface area contributed by atoms with Gasteiger partial charge in [0.15, 0.2) is 0 Å². The molecule has 0 amide bonds. The van der Waals surface area contributed by atoms with Crippen LogP contribution in [0.15, 0.2) is 18.2 Å². The summed E-state index contributed by atoms with van der Waals surface area (Å²) in [4.78, 5) is 0. The predicted molar refractivity (Wildman–Crippen MR) is 65.3 cm³/mol. The fraction of sp³-hybridized carbons (Fsp3) is 0.500. The summed E-state index contributed by atoms with van der Waals surface area (Å²) < 4.78 is 0. The van der Waals surface area contributed by atoms with Gasteiger partial charge in [-0.1, -0.05) is 36.5 Å². The zero-order valence-electron chi connectivity index (χ0n) is 8.76. The largest absolute Gasteiger partial charge is 0.321 e. The Balaban J connectivity index is 2.24. The van der Waals surface area contributed by atoms with E-state index in [4.69, 9.17) is 28.9 Å². The average Bonchev–Trinajstić information content (AvgIpc) is 2.77. The highest BCUT2D eigenvalue weighted by Crippen LogP contribution is 2.52. The Morgan fingerprint density at radius 3 is 2.47 bits per heavy atom. The molecule has 3 heteroatoms. The van der Waals surface area contributed by atoms with Crippen molar-refractivity contribution in [2.45, 2.75) is 31.7 Å². The molecule has 1 nitrogen and oxygen atoms in total. The Bertz CT molecular complexity index is 358. The van der Waals surface area contributed by atoms with E-state index in [-0.39, 0.29) is 5.54 Å². The fourth-order valence-electron chi connectivity index (χ4n) is 2.23. The monoisotopic (exact) mass is 243 g/mol. The normalized spacial score (nSPS) is 29.2. The van der Waals surface area contributed by atoms with Crippen molar-refractivity contribution < 1.29 is 0 Å². The fourth-order valence-corrected chi connectivity index (χ4v) is 2.76. The SMILES string of the molecule is CCCC1CC1(N)c1cc(Cl)cc(Cl)c1. The highest BCUT2D eigenvalue weighted by molar-refractivity contribution is 6.34. The van der Waals surface area contributed by atoms with Crippen LogP contribution in [-0.4, -0.2) is 0 Å². The van der Waals surface area contributed by atoms with Gasteiger partial charge in [0.2, 0.25) is 0 Å². The van der Waals surface area contributed by atoms with Crippen LogP contribution in [0.4, 0.5) is 0 Å². The molecule has 2 N–H and O–H groups in total. The van der Waals surface area contributed by atoms with Crippen LogP contribution in [0.25, 0.3) is 0 Å². The van der Waals surface area contributed by atoms with Crippen molar-refractivity contribution in [2.24, 2.45) is 11.7 Å². The first-order chi connectivity index (χ1) is 7.06. The topological polar surface area (TPSA) is 26.0 Å². The summed E-state index contributed by atoms with van der Waals surface area (Å²) in [7, 11) is 0. The van der Waals surface area contributed by atoms with Crippen LogP contribution in [0.3, 0.4) is 0 Å². The van der Waals surface area contributed by atoms with Crippen LogP contribution in [0.5, 0.6) is 0 Å². The molecule has 0 aliphatic heterocycles. The van der Waals surface area contributed by atoms with Crippen molar-refractivity contribution in [3.05, 3.63) is 33.8 Å². The summed E-state index contributed by atoms with van der Waals surface area (Å²) >= 11 is 11.9. The van der Waals surface area contributed by atoms with E-state index in [1.54, 1.807) is 6.07 Å². The zero-order valence-corrected chi connectivity index (χ0v) is 10.3. The van der Waals surface area contributed by atoms with Gasteiger partial charge in [-0.25, -0.2) is 0 Å². The summed E-state index contributed by atoms with van der Waals surface area (Å²) in [5.74, 6) is 0.594. The maximum Gasteiger partial charge on any atom is 0.0443 e. The first-order valence-corrected chi connectivity index (χ1v) is 6.07. The molecule has 1 aliphatic rings. The van der Waals surface area contributed by atoms with Gasteiger partial charge < -0.3 is 5.73 Å². The Kier molecular flexibility index (Phi) is 2.98. The van der Waals surface area contributed by atoms with Crippen LogP contribution in [-0.2, 0) is 5.54 Å². The van der Waals surface area contributed by atoms with E-state index in [2.05, 4.69) is 6.92 Å². The minimum Gasteiger partial charge on any atom is -0.321 e. The molecular weight excluding hydrogens is 229 g/mol. The molecule has 82 valence electrons. The molecule has 1 aromatic carbocycles. The van der Waals surface area contributed by atoms with Gasteiger partial charge in [-0.05, 0) is 42.5 Å². The van der Waals surface area contributed by atoms with Gasteiger partial charge >= 0.3 is 0 Å². The van der Waals surface area contributed by atoms with Crippen molar-refractivity contribution >= 4 is 23.2 Å². The Morgan fingerprint density at radius 1 is 1.33 bits per heavy atom. The quantitative estimate of drug-likeness (QED) is 0.855. The summed E-state index contributed by atoms with van der Waals surface area (Å²) in [6.07, 6.45) is 3.41. The highest BCUT2D eigenvalue weighted by atomic mass is 35.5. The first kappa shape index (κ1) is 11.3. The first-order valence-electron chi connectivity index (χ1n) is 5.31. The van der Waals surface area contributed by atoms with Gasteiger partial charge in [-0.2, -0.15) is 0 Å². The average molecular weight is 244 g/mol. The lowest BCUT2D eigenvalue weighted by molar-refractivity contribution is 0.583. The number of hydrogen-bond acceptors (Lipinski definition) is 1. The zero-order chi connectivity index (χ0) is 11.1. The van der Waals surface area contributed by atoms with E-state index in [1.165, 1.54) is 12.8 Å². The molecule has 15 heavy (non-hydrogen) atoms. The highest BCUT2D eigenvalue weighted by Gasteiger charge is 2.51. The molecule has 1 aromatic rings. The molecule has 0 heterocycles. The second-order valence-corrected chi connectivity index (χ2v) is 5.26. The molecule has 2 unspecified atom stereocenters. The van der Waals surface area contributed by atoms with E-state index in [0.717, 1.165) is 12.0 Å². The van der Waals surface area contributed by atoms with Gasteiger partial charge in [0.1, 0.15) is 0 Å². The summed E-state index contributed by atoms with van der Waals surface area (Å²) in [6, 6.07) is 5.61. The minimum absolute atomic E-state index is 0.176. The molecule has 0 saturated heterocycles. The van der Waals surface area contributed by atoms with E-state index in [9.17, 15) is 0 Å². The summed E-state index contributed by atoms with van der Waals surface area (Å²) in [5, 5.41) is 1.34. The smallest absolute Gasteiger partial charge is 0.0443 e. The lowest BCUT2D eigenvalue weighted by Crippen LogP contribution is -2.22. The predicted octanol–water partition coefficient (Wildman–Crippen LogP) is 3.97. The van der Waals surface area contributed by atoms with Gasteiger partial charge in [-0.3, -0.25) is 0 Å². The standard InChI is InChI=1S/C12H15Cl2N/c1-2-3-8-7-12(8,15)9-4-10(13)6-11(14)5-9/h4-6,8H,2-3,7,15H2,1H3. The van der Waals surface area contributed by atoms with Crippen LogP contribution in [0.1, 0.15) is 31.7 Å². The molecule has 0 aromatic heterocycles. The van der Waals surface area contributed by atoms with E-state index < -0.39 is 0 Å². The maximum atomic E-state index is 6.32. The third-order valence-electron chi connectivity index (χ3n) is 3.19. The Hall–Kier alpha value is -0.240. The minimum atomic E-state index is -0.176. The van der Waals surface area contributed by atoms with Crippen molar-refractivity contribution in [1.29, 1.82) is 0 Å². The molecule has 2 atom stereocenters. The van der Waals surface area contributed by atoms with Gasteiger partial charge in [0.25, 0.3) is 0 Å². The second kappa shape index (κ2) is 3.97.